The van der Waals surface area contributed by atoms with E-state index in [1.165, 1.54) is 4.90 Å². The number of nitrogens with one attached hydrogen (secondary N) is 1. The van der Waals surface area contributed by atoms with Crippen molar-refractivity contribution in [1.29, 1.82) is 0 Å². The summed E-state index contributed by atoms with van der Waals surface area (Å²) in [4.78, 5) is 23.7. The van der Waals surface area contributed by atoms with Crippen LogP contribution in [0, 0.1) is 0 Å². The number of hydrogen-bond acceptors (Lipinski definition) is 3. The Kier molecular flexibility index (Phi) is 7.80. The lowest BCUT2D eigenvalue weighted by Crippen LogP contribution is -2.45. The number of rotatable bonds is 7. The molecule has 0 saturated carbocycles. The molecular formula is C10H20N2O3S. The average Bonchev–Trinajstić information content (AvgIpc) is 2.17. The van der Waals surface area contributed by atoms with E-state index in [0.29, 0.717) is 6.54 Å². The van der Waals surface area contributed by atoms with Gasteiger partial charge in [-0.05, 0) is 20.1 Å². The van der Waals surface area contributed by atoms with Gasteiger partial charge in [-0.3, -0.25) is 4.79 Å². The molecule has 0 saturated heterocycles. The Balaban J connectivity index is 4.08. The van der Waals surface area contributed by atoms with E-state index in [1.54, 1.807) is 11.8 Å². The second-order valence-electron chi connectivity index (χ2n) is 3.66. The van der Waals surface area contributed by atoms with Crippen molar-refractivity contribution in [3.05, 3.63) is 0 Å². The van der Waals surface area contributed by atoms with Gasteiger partial charge in [0.05, 0.1) is 6.42 Å². The minimum atomic E-state index is -0.887. The number of thioether (sulfide) groups is 1. The van der Waals surface area contributed by atoms with Gasteiger partial charge in [0.15, 0.2) is 0 Å². The molecule has 16 heavy (non-hydrogen) atoms. The van der Waals surface area contributed by atoms with Crippen LogP contribution < -0.4 is 5.32 Å². The van der Waals surface area contributed by atoms with Crippen LogP contribution in [0.2, 0.25) is 0 Å². The highest BCUT2D eigenvalue weighted by Crippen LogP contribution is 2.01. The number of carbonyl (C=O) groups is 2. The van der Waals surface area contributed by atoms with Crippen molar-refractivity contribution in [1.82, 2.24) is 10.2 Å². The zero-order chi connectivity index (χ0) is 12.6. The summed E-state index contributed by atoms with van der Waals surface area (Å²) in [7, 11) is 0. The van der Waals surface area contributed by atoms with Crippen molar-refractivity contribution >= 4 is 23.8 Å². The van der Waals surface area contributed by atoms with E-state index in [1.807, 2.05) is 20.1 Å². The molecule has 6 heteroatoms. The number of carboxylic acid groups (broad SMARTS) is 1. The van der Waals surface area contributed by atoms with Crippen molar-refractivity contribution in [2.45, 2.75) is 26.3 Å². The molecule has 0 aliphatic carbocycles. The van der Waals surface area contributed by atoms with Gasteiger partial charge in [0.25, 0.3) is 0 Å². The van der Waals surface area contributed by atoms with Gasteiger partial charge in [-0.1, -0.05) is 0 Å². The molecule has 2 N–H and O–H groups in total. The molecular weight excluding hydrogens is 228 g/mol. The Morgan fingerprint density at radius 3 is 2.50 bits per heavy atom. The maximum atomic E-state index is 11.7. The molecule has 0 bridgehead atoms. The lowest BCUT2D eigenvalue weighted by atomic mass is 10.3. The van der Waals surface area contributed by atoms with Crippen LogP contribution >= 0.6 is 11.8 Å². The third-order valence-electron chi connectivity index (χ3n) is 2.03. The zero-order valence-electron chi connectivity index (χ0n) is 10.0. The number of urea groups is 1. The molecule has 0 atom stereocenters. The first-order valence-electron chi connectivity index (χ1n) is 5.24. The quantitative estimate of drug-likeness (QED) is 0.665. The van der Waals surface area contributed by atoms with Gasteiger partial charge < -0.3 is 15.3 Å². The highest BCUT2D eigenvalue weighted by Gasteiger charge is 2.16. The van der Waals surface area contributed by atoms with E-state index >= 15 is 0 Å². The van der Waals surface area contributed by atoms with Crippen LogP contribution in [0.3, 0.4) is 0 Å². The fraction of sp³-hybridized carbons (Fsp3) is 0.800. The first-order valence-corrected chi connectivity index (χ1v) is 6.63. The maximum absolute atomic E-state index is 11.7. The molecule has 0 radical (unpaired) electrons. The number of amides is 2. The van der Waals surface area contributed by atoms with Gasteiger partial charge in [-0.2, -0.15) is 11.8 Å². The van der Waals surface area contributed by atoms with Gasteiger partial charge in [-0.15, -0.1) is 0 Å². The fourth-order valence-electron chi connectivity index (χ4n) is 1.17. The molecule has 0 spiro atoms. The predicted octanol–water partition coefficient (Wildman–Crippen LogP) is 1.24. The first kappa shape index (κ1) is 15.1. The summed E-state index contributed by atoms with van der Waals surface area (Å²) in [6.45, 7) is 4.60. The molecule has 0 heterocycles. The molecule has 0 aromatic carbocycles. The molecule has 0 rings (SSSR count). The van der Waals surface area contributed by atoms with E-state index in [4.69, 9.17) is 5.11 Å². The van der Waals surface area contributed by atoms with Gasteiger partial charge in [0.2, 0.25) is 0 Å². The number of carbonyl (C=O) groups excluding carboxylic acids is 1. The smallest absolute Gasteiger partial charge is 0.317 e. The van der Waals surface area contributed by atoms with Crippen molar-refractivity contribution in [3.63, 3.8) is 0 Å². The van der Waals surface area contributed by atoms with E-state index in [-0.39, 0.29) is 25.0 Å². The minimum Gasteiger partial charge on any atom is -0.481 e. The van der Waals surface area contributed by atoms with Crippen LogP contribution in [-0.2, 0) is 4.79 Å². The first-order chi connectivity index (χ1) is 7.49. The van der Waals surface area contributed by atoms with E-state index in [9.17, 15) is 9.59 Å². The molecule has 0 fully saturated rings. The van der Waals surface area contributed by atoms with Crippen LogP contribution in [0.4, 0.5) is 4.79 Å². The number of aliphatic carboxylic acids is 1. The Morgan fingerprint density at radius 1 is 1.44 bits per heavy atom. The Bertz CT molecular complexity index is 234. The second-order valence-corrected chi connectivity index (χ2v) is 4.64. The highest BCUT2D eigenvalue weighted by atomic mass is 32.2. The van der Waals surface area contributed by atoms with Gasteiger partial charge in [-0.25, -0.2) is 4.79 Å². The lowest BCUT2D eigenvalue weighted by Gasteiger charge is -2.26. The molecule has 0 unspecified atom stereocenters. The molecule has 0 aromatic heterocycles. The summed E-state index contributed by atoms with van der Waals surface area (Å²) in [5.41, 5.74) is 0. The van der Waals surface area contributed by atoms with Crippen LogP contribution in [0.1, 0.15) is 20.3 Å². The molecule has 5 nitrogen and oxygen atoms in total. The second kappa shape index (κ2) is 8.27. The van der Waals surface area contributed by atoms with E-state index in [2.05, 4.69) is 5.32 Å². The number of nitrogens with zero attached hydrogens (tertiary/aromatic N) is 1. The Labute approximate surface area is 101 Å². The van der Waals surface area contributed by atoms with Crippen LogP contribution in [-0.4, -0.2) is 53.1 Å². The average molecular weight is 248 g/mol. The third kappa shape index (κ3) is 6.55. The summed E-state index contributed by atoms with van der Waals surface area (Å²) in [5, 5.41) is 11.3. The molecule has 0 aromatic rings. The Hall–Kier alpha value is -0.910. The van der Waals surface area contributed by atoms with Crippen LogP contribution in [0.15, 0.2) is 0 Å². The molecule has 0 aliphatic rings. The summed E-state index contributed by atoms with van der Waals surface area (Å²) in [6.07, 6.45) is 1.95. The topological polar surface area (TPSA) is 69.6 Å². The fourth-order valence-corrected chi connectivity index (χ4v) is 1.48. The zero-order valence-corrected chi connectivity index (χ0v) is 10.8. The summed E-state index contributed by atoms with van der Waals surface area (Å²) in [5.74, 6) is -0.0288. The van der Waals surface area contributed by atoms with Gasteiger partial charge >= 0.3 is 12.0 Å². The number of carboxylic acids is 1. The Morgan fingerprint density at radius 2 is 2.06 bits per heavy atom. The van der Waals surface area contributed by atoms with Gasteiger partial charge in [0.1, 0.15) is 0 Å². The van der Waals surface area contributed by atoms with E-state index in [0.717, 1.165) is 5.75 Å². The van der Waals surface area contributed by atoms with Crippen LogP contribution in [0.25, 0.3) is 0 Å². The molecule has 0 aliphatic heterocycles. The summed E-state index contributed by atoms with van der Waals surface area (Å²) < 4.78 is 0. The van der Waals surface area contributed by atoms with E-state index < -0.39 is 5.97 Å². The van der Waals surface area contributed by atoms with Crippen molar-refractivity contribution in [2.24, 2.45) is 0 Å². The van der Waals surface area contributed by atoms with Gasteiger partial charge in [0, 0.05) is 24.9 Å². The van der Waals surface area contributed by atoms with Crippen molar-refractivity contribution < 1.29 is 14.7 Å². The predicted molar refractivity (Wildman–Crippen MR) is 65.9 cm³/mol. The summed E-state index contributed by atoms with van der Waals surface area (Å²) in [6, 6.07) is -0.182. The lowest BCUT2D eigenvalue weighted by molar-refractivity contribution is -0.137. The third-order valence-corrected chi connectivity index (χ3v) is 2.65. The SMILES string of the molecule is CSCCNC(=O)N(CCC(=O)O)C(C)C. The summed E-state index contributed by atoms with van der Waals surface area (Å²) >= 11 is 1.65. The standard InChI is InChI=1S/C10H20N2O3S/c1-8(2)12(6-4-9(13)14)10(15)11-5-7-16-3/h8H,4-7H2,1-3H3,(H,11,15)(H,13,14). The van der Waals surface area contributed by atoms with Crippen LogP contribution in [0.5, 0.6) is 0 Å². The normalized spacial score (nSPS) is 10.2. The van der Waals surface area contributed by atoms with Crippen molar-refractivity contribution in [2.75, 3.05) is 25.1 Å². The molecule has 94 valence electrons. The van der Waals surface area contributed by atoms with Crippen molar-refractivity contribution in [3.8, 4) is 0 Å². The maximum Gasteiger partial charge on any atom is 0.317 e. The minimum absolute atomic E-state index is 0.00799. The number of hydrogen-bond donors (Lipinski definition) is 2. The highest BCUT2D eigenvalue weighted by molar-refractivity contribution is 7.98. The molecule has 2 amide bonds. The largest absolute Gasteiger partial charge is 0.481 e. The monoisotopic (exact) mass is 248 g/mol.